The van der Waals surface area contributed by atoms with E-state index in [-0.39, 0.29) is 0 Å². The van der Waals surface area contributed by atoms with Gasteiger partial charge in [0.15, 0.2) is 0 Å². The molecule has 1 aromatic carbocycles. The standard InChI is InChI=1S/C13H19N/c14-13(12-8-4-5-9-12)10-11-6-2-1-3-7-11/h1-3,6-7,12-13H,4-5,8-10,14H2/t13-/m0/s1. The SMILES string of the molecule is N[C@@H](Cc1ccccc1)C1CCCC1. The van der Waals surface area contributed by atoms with Crippen LogP contribution < -0.4 is 5.73 Å². The second kappa shape index (κ2) is 4.61. The molecule has 14 heavy (non-hydrogen) atoms. The van der Waals surface area contributed by atoms with E-state index in [1.54, 1.807) is 0 Å². The normalized spacial score (nSPS) is 19.8. The maximum Gasteiger partial charge on any atom is 0.0108 e. The van der Waals surface area contributed by atoms with Crippen LogP contribution in [-0.4, -0.2) is 6.04 Å². The van der Waals surface area contributed by atoms with Crippen molar-refractivity contribution in [2.45, 2.75) is 38.1 Å². The summed E-state index contributed by atoms with van der Waals surface area (Å²) in [5.41, 5.74) is 7.59. The number of nitrogens with two attached hydrogens (primary N) is 1. The van der Waals surface area contributed by atoms with Gasteiger partial charge >= 0.3 is 0 Å². The molecule has 0 aliphatic heterocycles. The molecular weight excluding hydrogens is 170 g/mol. The Bertz CT molecular complexity index is 262. The van der Waals surface area contributed by atoms with Crippen molar-refractivity contribution in [3.05, 3.63) is 35.9 Å². The van der Waals surface area contributed by atoms with Gasteiger partial charge in [0.2, 0.25) is 0 Å². The highest BCUT2D eigenvalue weighted by Gasteiger charge is 2.21. The summed E-state index contributed by atoms with van der Waals surface area (Å²) in [5.74, 6) is 0.773. The highest BCUT2D eigenvalue weighted by molar-refractivity contribution is 5.16. The second-order valence-corrected chi connectivity index (χ2v) is 4.40. The van der Waals surface area contributed by atoms with Crippen molar-refractivity contribution in [2.75, 3.05) is 0 Å². The van der Waals surface area contributed by atoms with E-state index in [9.17, 15) is 0 Å². The average Bonchev–Trinajstić information content (AvgIpc) is 2.72. The van der Waals surface area contributed by atoms with E-state index < -0.39 is 0 Å². The molecule has 1 aliphatic carbocycles. The Morgan fingerprint density at radius 3 is 2.43 bits per heavy atom. The predicted molar refractivity (Wildman–Crippen MR) is 60.1 cm³/mol. The third kappa shape index (κ3) is 2.36. The monoisotopic (exact) mass is 189 g/mol. The molecular formula is C13H19N. The zero-order chi connectivity index (χ0) is 9.80. The lowest BCUT2D eigenvalue weighted by molar-refractivity contribution is 0.429. The summed E-state index contributed by atoms with van der Waals surface area (Å²) in [6.45, 7) is 0. The number of hydrogen-bond acceptors (Lipinski definition) is 1. The van der Waals surface area contributed by atoms with Crippen LogP contribution in [0.3, 0.4) is 0 Å². The topological polar surface area (TPSA) is 26.0 Å². The van der Waals surface area contributed by atoms with Crippen molar-refractivity contribution in [3.8, 4) is 0 Å². The van der Waals surface area contributed by atoms with Crippen LogP contribution in [0.25, 0.3) is 0 Å². The third-order valence-corrected chi connectivity index (χ3v) is 3.32. The van der Waals surface area contributed by atoms with Gasteiger partial charge in [-0.25, -0.2) is 0 Å². The quantitative estimate of drug-likeness (QED) is 0.777. The summed E-state index contributed by atoms with van der Waals surface area (Å²) in [7, 11) is 0. The van der Waals surface area contributed by atoms with E-state index in [0.29, 0.717) is 6.04 Å². The van der Waals surface area contributed by atoms with Crippen molar-refractivity contribution >= 4 is 0 Å². The Hall–Kier alpha value is -0.820. The zero-order valence-corrected chi connectivity index (χ0v) is 8.65. The fourth-order valence-electron chi connectivity index (χ4n) is 2.44. The lowest BCUT2D eigenvalue weighted by Crippen LogP contribution is -2.30. The van der Waals surface area contributed by atoms with Gasteiger partial charge in [-0.15, -0.1) is 0 Å². The molecule has 0 aromatic heterocycles. The Kier molecular flexibility index (Phi) is 3.20. The van der Waals surface area contributed by atoms with Gasteiger partial charge in [0.1, 0.15) is 0 Å². The van der Waals surface area contributed by atoms with Crippen LogP contribution in [0, 0.1) is 5.92 Å². The Morgan fingerprint density at radius 1 is 1.14 bits per heavy atom. The summed E-state index contributed by atoms with van der Waals surface area (Å²) < 4.78 is 0. The van der Waals surface area contributed by atoms with Gasteiger partial charge in [-0.05, 0) is 30.7 Å². The lowest BCUT2D eigenvalue weighted by Gasteiger charge is -2.18. The minimum atomic E-state index is 0.375. The van der Waals surface area contributed by atoms with E-state index in [2.05, 4.69) is 30.3 Å². The summed E-state index contributed by atoms with van der Waals surface area (Å²) in [4.78, 5) is 0. The van der Waals surface area contributed by atoms with Crippen molar-refractivity contribution in [2.24, 2.45) is 11.7 Å². The van der Waals surface area contributed by atoms with Crippen LogP contribution in [0.1, 0.15) is 31.2 Å². The first-order valence-electron chi connectivity index (χ1n) is 5.66. The molecule has 0 saturated heterocycles. The molecule has 1 saturated carbocycles. The first kappa shape index (κ1) is 9.72. The fraction of sp³-hybridized carbons (Fsp3) is 0.538. The number of hydrogen-bond donors (Lipinski definition) is 1. The molecule has 2 N–H and O–H groups in total. The highest BCUT2D eigenvalue weighted by atomic mass is 14.7. The molecule has 1 heteroatoms. The van der Waals surface area contributed by atoms with Crippen LogP contribution in [-0.2, 0) is 6.42 Å². The predicted octanol–water partition coefficient (Wildman–Crippen LogP) is 2.75. The summed E-state index contributed by atoms with van der Waals surface area (Å²) >= 11 is 0. The maximum absolute atomic E-state index is 6.21. The van der Waals surface area contributed by atoms with E-state index in [1.165, 1.54) is 31.2 Å². The maximum atomic E-state index is 6.21. The molecule has 1 aliphatic rings. The fourth-order valence-corrected chi connectivity index (χ4v) is 2.44. The van der Waals surface area contributed by atoms with Gasteiger partial charge in [0, 0.05) is 6.04 Å². The van der Waals surface area contributed by atoms with Gasteiger partial charge in [0.05, 0.1) is 0 Å². The molecule has 1 atom stereocenters. The van der Waals surface area contributed by atoms with Gasteiger partial charge < -0.3 is 5.73 Å². The van der Waals surface area contributed by atoms with E-state index in [4.69, 9.17) is 5.73 Å². The Balaban J connectivity index is 1.90. The Labute approximate surface area is 86.3 Å². The first-order chi connectivity index (χ1) is 6.86. The molecule has 0 unspecified atom stereocenters. The van der Waals surface area contributed by atoms with Crippen molar-refractivity contribution < 1.29 is 0 Å². The number of benzene rings is 1. The first-order valence-corrected chi connectivity index (χ1v) is 5.66. The van der Waals surface area contributed by atoms with Crippen molar-refractivity contribution in [3.63, 3.8) is 0 Å². The largest absolute Gasteiger partial charge is 0.327 e. The van der Waals surface area contributed by atoms with E-state index in [0.717, 1.165) is 12.3 Å². The number of rotatable bonds is 3. The zero-order valence-electron chi connectivity index (χ0n) is 8.65. The summed E-state index contributed by atoms with van der Waals surface area (Å²) in [6, 6.07) is 11.0. The molecule has 1 nitrogen and oxygen atoms in total. The molecule has 0 heterocycles. The smallest absolute Gasteiger partial charge is 0.0108 e. The lowest BCUT2D eigenvalue weighted by atomic mass is 9.93. The van der Waals surface area contributed by atoms with Gasteiger partial charge in [0.25, 0.3) is 0 Å². The van der Waals surface area contributed by atoms with Gasteiger partial charge in [-0.2, -0.15) is 0 Å². The van der Waals surface area contributed by atoms with Crippen LogP contribution in [0.15, 0.2) is 30.3 Å². The summed E-state index contributed by atoms with van der Waals surface area (Å²) in [5, 5.41) is 0. The van der Waals surface area contributed by atoms with Crippen LogP contribution in [0.2, 0.25) is 0 Å². The minimum Gasteiger partial charge on any atom is -0.327 e. The Morgan fingerprint density at radius 2 is 1.79 bits per heavy atom. The van der Waals surface area contributed by atoms with Crippen LogP contribution in [0.4, 0.5) is 0 Å². The van der Waals surface area contributed by atoms with E-state index >= 15 is 0 Å². The molecule has 0 spiro atoms. The van der Waals surface area contributed by atoms with Gasteiger partial charge in [-0.1, -0.05) is 43.2 Å². The molecule has 1 aromatic rings. The van der Waals surface area contributed by atoms with Crippen LogP contribution >= 0.6 is 0 Å². The van der Waals surface area contributed by atoms with E-state index in [1.807, 2.05) is 0 Å². The van der Waals surface area contributed by atoms with Crippen molar-refractivity contribution in [1.82, 2.24) is 0 Å². The molecule has 0 bridgehead atoms. The molecule has 76 valence electrons. The molecule has 0 amide bonds. The average molecular weight is 189 g/mol. The molecule has 1 fully saturated rings. The van der Waals surface area contributed by atoms with Gasteiger partial charge in [-0.3, -0.25) is 0 Å². The van der Waals surface area contributed by atoms with Crippen molar-refractivity contribution in [1.29, 1.82) is 0 Å². The third-order valence-electron chi connectivity index (χ3n) is 3.32. The molecule has 0 radical (unpaired) electrons. The minimum absolute atomic E-state index is 0.375. The second-order valence-electron chi connectivity index (χ2n) is 4.40. The molecule has 2 rings (SSSR count). The van der Waals surface area contributed by atoms with Crippen LogP contribution in [0.5, 0.6) is 0 Å². The highest BCUT2D eigenvalue weighted by Crippen LogP contribution is 2.28. The summed E-state index contributed by atoms with van der Waals surface area (Å²) in [6.07, 6.45) is 6.49.